The van der Waals surface area contributed by atoms with Crippen molar-refractivity contribution >= 4 is 52.3 Å². The third-order valence-electron chi connectivity index (χ3n) is 15.6. The van der Waals surface area contributed by atoms with Crippen molar-refractivity contribution < 1.29 is 52.5 Å². The normalized spacial score (nSPS) is 20.1. The molecule has 5 N–H and O–H groups in total. The molecule has 0 bridgehead atoms. The van der Waals surface area contributed by atoms with Crippen molar-refractivity contribution in [3.8, 4) is 11.4 Å². The zero-order valence-corrected chi connectivity index (χ0v) is 43.3. The Labute approximate surface area is 425 Å². The summed E-state index contributed by atoms with van der Waals surface area (Å²) in [4.78, 5) is 110. The average molecular weight is 1010 g/mol. The summed E-state index contributed by atoms with van der Waals surface area (Å²) in [5, 5.41) is 22.3. The Bertz CT molecular complexity index is 2720. The quantitative estimate of drug-likeness (QED) is 0.0255. The smallest absolute Gasteiger partial charge is 0.343 e. The maximum atomic E-state index is 15.3. The van der Waals surface area contributed by atoms with Gasteiger partial charge in [0.25, 0.3) is 5.56 Å². The number of aliphatic hydroxyl groups is 1. The van der Waals surface area contributed by atoms with E-state index in [9.17, 15) is 43.5 Å². The molecule has 1 aliphatic carbocycles. The van der Waals surface area contributed by atoms with Crippen LogP contribution < -0.4 is 26.8 Å². The molecule has 73 heavy (non-hydrogen) atoms. The summed E-state index contributed by atoms with van der Waals surface area (Å²) < 4.78 is 27.7. The number of rotatable bonds is 25. The summed E-state index contributed by atoms with van der Waals surface area (Å²) in [5.41, 5.74) is 1.28. The number of carbonyl (C=O) groups is 7. The van der Waals surface area contributed by atoms with Crippen molar-refractivity contribution in [1.29, 1.82) is 0 Å². The highest BCUT2D eigenvalue weighted by Crippen LogP contribution is 2.55. The number of cyclic esters (lactones) is 1. The molecule has 6 atom stereocenters. The molecule has 3 aliphatic heterocycles. The fourth-order valence-corrected chi connectivity index (χ4v) is 10.8. The van der Waals surface area contributed by atoms with Crippen LogP contribution >= 0.6 is 0 Å². The molecule has 2 aromatic heterocycles. The first kappa shape index (κ1) is 54.7. The van der Waals surface area contributed by atoms with Crippen LogP contribution in [0, 0.1) is 30.0 Å². The van der Waals surface area contributed by atoms with Crippen LogP contribution in [0.4, 0.5) is 4.39 Å². The molecule has 0 spiro atoms. The predicted octanol–water partition coefficient (Wildman–Crippen LogP) is 5.00. The third-order valence-corrected chi connectivity index (χ3v) is 15.6. The number of unbranched alkanes of at least 4 members (excludes halogenated alkanes) is 4. The Morgan fingerprint density at radius 1 is 0.932 bits per heavy atom. The van der Waals surface area contributed by atoms with E-state index in [1.807, 2.05) is 6.07 Å². The Morgan fingerprint density at radius 2 is 1.63 bits per heavy atom. The fourth-order valence-electron chi connectivity index (χ4n) is 10.8. The van der Waals surface area contributed by atoms with Crippen molar-refractivity contribution in [2.45, 2.75) is 175 Å². The molecule has 0 radical (unpaired) electrons. The van der Waals surface area contributed by atoms with Crippen LogP contribution in [0.5, 0.6) is 0 Å². The first-order valence-electron chi connectivity index (χ1n) is 26.1. The van der Waals surface area contributed by atoms with Crippen LogP contribution in [0.25, 0.3) is 22.3 Å². The number of likely N-dealkylation sites (tertiary alicyclic amines) is 1. The van der Waals surface area contributed by atoms with E-state index < -0.39 is 53.2 Å². The second-order valence-corrected chi connectivity index (χ2v) is 20.8. The number of carbonyl (C=O) groups excluding carboxylic acids is 7. The number of fused-ring (bicyclic) bond motifs is 5. The van der Waals surface area contributed by atoms with Gasteiger partial charge >= 0.3 is 5.97 Å². The number of hydrogen-bond donors (Lipinski definition) is 5. The minimum absolute atomic E-state index is 0.0170. The molecule has 3 aromatic rings. The molecule has 1 saturated carbocycles. The third kappa shape index (κ3) is 11.7. The van der Waals surface area contributed by atoms with Crippen molar-refractivity contribution in [2.75, 3.05) is 19.9 Å². The minimum atomic E-state index is -1.96. The number of halogens is 1. The maximum absolute atomic E-state index is 15.3. The van der Waals surface area contributed by atoms with Crippen LogP contribution in [-0.2, 0) is 68.2 Å². The highest BCUT2D eigenvalue weighted by molar-refractivity contribution is 6.04. The molecule has 2 fully saturated rings. The molecule has 1 aromatic carbocycles. The van der Waals surface area contributed by atoms with Crippen LogP contribution in [0.3, 0.4) is 0 Å². The SMILES string of the molecule is CCCCC(C)(C1CC1)C1CC(=O)N(CCCCCC(=O)N[C@@H](C)C(=O)N[C@@H](C)C(=O)N[C@@H](C)C(=O)NCOCCCCc2c(C)c(F)cc3nc4c(cc23)Cn2c-4cc3c(c2=O)COC(=O)[C@]3(O)CC)C1=O. The maximum Gasteiger partial charge on any atom is 0.343 e. The lowest BCUT2D eigenvalue weighted by Gasteiger charge is -2.34. The van der Waals surface area contributed by atoms with Gasteiger partial charge in [-0.3, -0.25) is 38.5 Å². The van der Waals surface area contributed by atoms with E-state index in [1.165, 1.54) is 36.3 Å². The molecule has 19 heteroatoms. The van der Waals surface area contributed by atoms with Gasteiger partial charge in [-0.2, -0.15) is 0 Å². The van der Waals surface area contributed by atoms with E-state index in [-0.39, 0.29) is 91.5 Å². The van der Waals surface area contributed by atoms with E-state index in [1.54, 1.807) is 19.9 Å². The number of imide groups is 1. The zero-order chi connectivity index (χ0) is 52.9. The number of pyridine rings is 2. The van der Waals surface area contributed by atoms with E-state index in [2.05, 4.69) is 35.1 Å². The number of ether oxygens (including phenoxy) is 2. The van der Waals surface area contributed by atoms with Gasteiger partial charge in [-0.15, -0.1) is 0 Å². The molecule has 7 rings (SSSR count). The average Bonchev–Trinajstić information content (AvgIpc) is 4.11. The number of nitrogens with one attached hydrogen (secondary N) is 4. The van der Waals surface area contributed by atoms with Gasteiger partial charge in [0, 0.05) is 48.6 Å². The lowest BCUT2D eigenvalue weighted by Crippen LogP contribution is -2.54. The monoisotopic (exact) mass is 1010 g/mol. The second kappa shape index (κ2) is 23.0. The molecule has 5 heterocycles. The van der Waals surface area contributed by atoms with Crippen LogP contribution in [-0.4, -0.2) is 99.0 Å². The summed E-state index contributed by atoms with van der Waals surface area (Å²) in [6.45, 7) is 12.6. The lowest BCUT2D eigenvalue weighted by atomic mass is 9.69. The first-order valence-corrected chi connectivity index (χ1v) is 26.1. The second-order valence-electron chi connectivity index (χ2n) is 20.8. The summed E-state index contributed by atoms with van der Waals surface area (Å²) in [7, 11) is 0. The molecular weight excluding hydrogens is 942 g/mol. The lowest BCUT2D eigenvalue weighted by molar-refractivity contribution is -0.172. The molecule has 396 valence electrons. The van der Waals surface area contributed by atoms with E-state index in [0.717, 1.165) is 48.6 Å². The Balaban J connectivity index is 0.781. The topological polar surface area (TPSA) is 244 Å². The molecule has 6 amide bonds. The van der Waals surface area contributed by atoms with E-state index >= 15 is 4.39 Å². The summed E-state index contributed by atoms with van der Waals surface area (Å²) in [6, 6.07) is 2.00. The van der Waals surface area contributed by atoms with Crippen molar-refractivity contribution in [1.82, 2.24) is 35.7 Å². The van der Waals surface area contributed by atoms with Gasteiger partial charge in [-0.05, 0) is 120 Å². The van der Waals surface area contributed by atoms with Gasteiger partial charge in [-0.25, -0.2) is 14.2 Å². The number of hydrogen-bond acceptors (Lipinski definition) is 12. The van der Waals surface area contributed by atoms with Crippen molar-refractivity contribution in [2.24, 2.45) is 17.3 Å². The van der Waals surface area contributed by atoms with Gasteiger partial charge in [0.05, 0.1) is 34.9 Å². The predicted molar refractivity (Wildman–Crippen MR) is 268 cm³/mol. The van der Waals surface area contributed by atoms with Crippen LogP contribution in [0.1, 0.15) is 153 Å². The Morgan fingerprint density at radius 3 is 2.32 bits per heavy atom. The summed E-state index contributed by atoms with van der Waals surface area (Å²) in [6.07, 6.45) is 9.15. The van der Waals surface area contributed by atoms with Gasteiger partial charge in [-0.1, -0.05) is 40.0 Å². The molecule has 4 aliphatic rings. The first-order chi connectivity index (χ1) is 34.7. The Hall–Kier alpha value is -6.08. The minimum Gasteiger partial charge on any atom is -0.458 e. The molecule has 18 nitrogen and oxygen atoms in total. The fraction of sp³-hybridized carbons (Fsp3) is 0.611. The number of aryl methyl sites for hydroxylation is 1. The number of aromatic nitrogens is 2. The highest BCUT2D eigenvalue weighted by atomic mass is 19.1. The zero-order valence-electron chi connectivity index (χ0n) is 43.3. The standard InChI is InChI=1S/C54H72FN7O11/c1-8-10-20-53(7,35-18-19-35)40-25-45(64)61(51(40)69)21-14-11-12-17-44(63)57-32(5)48(66)59-33(6)49(67)58-31(4)47(65)56-29-72-22-15-13-16-36-30(3)41(55)26-42-37(36)23-34-27-62-43(46(34)60-42)24-39-38(50(62)68)28-73-52(70)54(39,71)9-2/h23-24,26,31-33,35,40,71H,8-22,25,27-29H2,1-7H3,(H,56,65)(H,57,63)(H,58,67)(H,59,66)/t31-,32-,33-,40?,53?,54-/m0/s1. The number of esters is 1. The molecule has 2 unspecified atom stereocenters. The van der Waals surface area contributed by atoms with Gasteiger partial charge in [0.2, 0.25) is 35.4 Å². The largest absolute Gasteiger partial charge is 0.458 e. The van der Waals surface area contributed by atoms with Gasteiger partial charge in [0.15, 0.2) is 5.60 Å². The summed E-state index contributed by atoms with van der Waals surface area (Å²) >= 11 is 0. The van der Waals surface area contributed by atoms with Gasteiger partial charge < -0.3 is 40.4 Å². The van der Waals surface area contributed by atoms with Crippen LogP contribution in [0.15, 0.2) is 23.0 Å². The van der Waals surface area contributed by atoms with E-state index in [4.69, 9.17) is 14.5 Å². The highest BCUT2D eigenvalue weighted by Gasteiger charge is 2.54. The Kier molecular flexibility index (Phi) is 17.2. The van der Waals surface area contributed by atoms with Crippen molar-refractivity contribution in [3.63, 3.8) is 0 Å². The number of nitrogens with zero attached hydrogens (tertiary/aromatic N) is 3. The van der Waals surface area contributed by atoms with E-state index in [0.29, 0.717) is 73.5 Å². The number of benzene rings is 1. The van der Waals surface area contributed by atoms with Gasteiger partial charge in [0.1, 0.15) is 37.3 Å². The number of amides is 6. The van der Waals surface area contributed by atoms with Crippen molar-refractivity contribution in [3.05, 3.63) is 62.2 Å². The van der Waals surface area contributed by atoms with Crippen LogP contribution in [0.2, 0.25) is 0 Å². The summed E-state index contributed by atoms with van der Waals surface area (Å²) in [5.74, 6) is -3.19. The molecule has 1 saturated heterocycles. The molecular formula is C54H72FN7O11.